The summed E-state index contributed by atoms with van der Waals surface area (Å²) in [6.45, 7) is 9.48. The molecule has 0 aromatic carbocycles. The molecule has 2 aliphatic heterocycles. The molecule has 3 heterocycles. The van der Waals surface area contributed by atoms with Crippen molar-refractivity contribution in [2.24, 2.45) is 5.92 Å². The van der Waals surface area contributed by atoms with Gasteiger partial charge in [-0.2, -0.15) is 0 Å². The lowest BCUT2D eigenvalue weighted by atomic mass is 9.95. The zero-order chi connectivity index (χ0) is 15.5. The third-order valence-corrected chi connectivity index (χ3v) is 4.95. The molecular formula is C18H27N3O. The molecule has 2 aliphatic rings. The van der Waals surface area contributed by atoms with Gasteiger partial charge in [0.15, 0.2) is 0 Å². The monoisotopic (exact) mass is 301 g/mol. The van der Waals surface area contributed by atoms with Gasteiger partial charge >= 0.3 is 0 Å². The average molecular weight is 301 g/mol. The summed E-state index contributed by atoms with van der Waals surface area (Å²) >= 11 is 0. The summed E-state index contributed by atoms with van der Waals surface area (Å²) in [5.74, 6) is 0.941. The van der Waals surface area contributed by atoms with E-state index in [0.29, 0.717) is 0 Å². The van der Waals surface area contributed by atoms with Crippen LogP contribution in [0.5, 0.6) is 0 Å². The Kier molecular flexibility index (Phi) is 4.77. The van der Waals surface area contributed by atoms with Crippen LogP contribution in [0.2, 0.25) is 0 Å². The Balaban J connectivity index is 1.55. The van der Waals surface area contributed by atoms with Crippen molar-refractivity contribution >= 4 is 5.91 Å². The van der Waals surface area contributed by atoms with Crippen molar-refractivity contribution in [3.63, 3.8) is 0 Å². The minimum Gasteiger partial charge on any atom is -0.339 e. The molecule has 1 aromatic rings. The maximum atomic E-state index is 12.6. The van der Waals surface area contributed by atoms with Gasteiger partial charge in [-0.05, 0) is 70.7 Å². The summed E-state index contributed by atoms with van der Waals surface area (Å²) in [6, 6.07) is 3.82. The van der Waals surface area contributed by atoms with Crippen LogP contribution in [-0.4, -0.2) is 53.4 Å². The number of aryl methyl sites for hydroxylation is 2. The maximum absolute atomic E-state index is 12.6. The van der Waals surface area contributed by atoms with E-state index < -0.39 is 0 Å². The van der Waals surface area contributed by atoms with Crippen LogP contribution in [0.4, 0.5) is 0 Å². The van der Waals surface area contributed by atoms with E-state index in [1.807, 2.05) is 30.9 Å². The van der Waals surface area contributed by atoms with Gasteiger partial charge < -0.3 is 9.80 Å². The third-order valence-electron chi connectivity index (χ3n) is 4.95. The summed E-state index contributed by atoms with van der Waals surface area (Å²) in [6.07, 6.45) is 5.01. The highest BCUT2D eigenvalue weighted by molar-refractivity contribution is 5.94. The van der Waals surface area contributed by atoms with E-state index in [1.165, 1.54) is 32.5 Å². The first-order valence-electron chi connectivity index (χ1n) is 8.59. The van der Waals surface area contributed by atoms with Gasteiger partial charge in [-0.1, -0.05) is 0 Å². The Morgan fingerprint density at radius 1 is 1.09 bits per heavy atom. The maximum Gasteiger partial charge on any atom is 0.253 e. The van der Waals surface area contributed by atoms with Crippen molar-refractivity contribution in [2.45, 2.75) is 39.5 Å². The van der Waals surface area contributed by atoms with E-state index in [1.54, 1.807) is 0 Å². The quantitative estimate of drug-likeness (QED) is 0.861. The number of piperidine rings is 1. The molecule has 0 bridgehead atoms. The van der Waals surface area contributed by atoms with Crippen LogP contribution in [0.25, 0.3) is 0 Å². The minimum atomic E-state index is 0.174. The number of nitrogens with zero attached hydrogens (tertiary/aromatic N) is 3. The molecule has 1 amide bonds. The fourth-order valence-electron chi connectivity index (χ4n) is 3.79. The van der Waals surface area contributed by atoms with Crippen molar-refractivity contribution in [2.75, 3.05) is 32.7 Å². The summed E-state index contributed by atoms with van der Waals surface area (Å²) in [7, 11) is 0. The molecule has 0 N–H and O–H groups in total. The second kappa shape index (κ2) is 6.78. The molecule has 0 atom stereocenters. The Hall–Kier alpha value is -1.42. The Labute approximate surface area is 133 Å². The molecule has 0 unspecified atom stereocenters. The standard InChI is InChI=1S/C18H27N3O/c1-14-11-17(12-15(2)19-14)18(22)21-9-5-16(6-10-21)13-20-7-3-4-8-20/h11-12,16H,3-10,13H2,1-2H3. The van der Waals surface area contributed by atoms with Crippen molar-refractivity contribution in [3.8, 4) is 0 Å². The van der Waals surface area contributed by atoms with Crippen molar-refractivity contribution in [1.29, 1.82) is 0 Å². The van der Waals surface area contributed by atoms with E-state index in [4.69, 9.17) is 0 Å². The second-order valence-corrected chi connectivity index (χ2v) is 6.88. The number of likely N-dealkylation sites (tertiary alicyclic amines) is 2. The van der Waals surface area contributed by atoms with Gasteiger partial charge in [0.2, 0.25) is 0 Å². The average Bonchev–Trinajstić information content (AvgIpc) is 2.99. The van der Waals surface area contributed by atoms with Crippen LogP contribution in [0.1, 0.15) is 47.4 Å². The van der Waals surface area contributed by atoms with E-state index >= 15 is 0 Å². The first-order chi connectivity index (χ1) is 10.6. The highest BCUT2D eigenvalue weighted by Gasteiger charge is 2.26. The van der Waals surface area contributed by atoms with Crippen LogP contribution in [0.15, 0.2) is 12.1 Å². The Morgan fingerprint density at radius 3 is 2.27 bits per heavy atom. The summed E-state index contributed by atoms with van der Waals surface area (Å²) in [5, 5.41) is 0. The predicted octanol–water partition coefficient (Wildman–Crippen LogP) is 2.65. The molecule has 0 spiro atoms. The fourth-order valence-corrected chi connectivity index (χ4v) is 3.79. The van der Waals surface area contributed by atoms with Crippen molar-refractivity contribution in [3.05, 3.63) is 29.1 Å². The molecule has 4 nitrogen and oxygen atoms in total. The van der Waals surface area contributed by atoms with Crippen LogP contribution < -0.4 is 0 Å². The van der Waals surface area contributed by atoms with Crippen LogP contribution in [0, 0.1) is 19.8 Å². The van der Waals surface area contributed by atoms with Crippen LogP contribution in [-0.2, 0) is 0 Å². The number of hydrogen-bond donors (Lipinski definition) is 0. The van der Waals surface area contributed by atoms with E-state index in [-0.39, 0.29) is 5.91 Å². The Bertz CT molecular complexity index is 509. The van der Waals surface area contributed by atoms with Gasteiger partial charge in [0.25, 0.3) is 5.91 Å². The zero-order valence-electron chi connectivity index (χ0n) is 13.8. The number of amides is 1. The van der Waals surface area contributed by atoms with E-state index in [0.717, 1.165) is 48.8 Å². The lowest BCUT2D eigenvalue weighted by Crippen LogP contribution is -2.41. The molecule has 0 aliphatic carbocycles. The molecule has 1 aromatic heterocycles. The zero-order valence-corrected chi connectivity index (χ0v) is 13.8. The van der Waals surface area contributed by atoms with E-state index in [2.05, 4.69) is 9.88 Å². The molecule has 4 heteroatoms. The first kappa shape index (κ1) is 15.5. The third kappa shape index (κ3) is 3.67. The molecule has 120 valence electrons. The highest BCUT2D eigenvalue weighted by atomic mass is 16.2. The molecular weight excluding hydrogens is 274 g/mol. The van der Waals surface area contributed by atoms with Crippen LogP contribution >= 0.6 is 0 Å². The highest BCUT2D eigenvalue weighted by Crippen LogP contribution is 2.22. The van der Waals surface area contributed by atoms with Gasteiger partial charge in [0.1, 0.15) is 0 Å². The number of carbonyl (C=O) groups is 1. The lowest BCUT2D eigenvalue weighted by molar-refractivity contribution is 0.0672. The predicted molar refractivity (Wildman–Crippen MR) is 88.0 cm³/mol. The normalized spacial score (nSPS) is 20.5. The largest absolute Gasteiger partial charge is 0.339 e. The van der Waals surface area contributed by atoms with Crippen LogP contribution in [0.3, 0.4) is 0 Å². The number of pyridine rings is 1. The Morgan fingerprint density at radius 2 is 1.68 bits per heavy atom. The molecule has 0 saturated carbocycles. The lowest BCUT2D eigenvalue weighted by Gasteiger charge is -2.34. The topological polar surface area (TPSA) is 36.4 Å². The molecule has 22 heavy (non-hydrogen) atoms. The van der Waals surface area contributed by atoms with Gasteiger partial charge in [-0.25, -0.2) is 0 Å². The van der Waals surface area contributed by atoms with E-state index in [9.17, 15) is 4.79 Å². The van der Waals surface area contributed by atoms with Gasteiger partial charge in [0.05, 0.1) is 0 Å². The number of hydrogen-bond acceptors (Lipinski definition) is 3. The van der Waals surface area contributed by atoms with Gasteiger partial charge in [-0.3, -0.25) is 9.78 Å². The molecule has 2 saturated heterocycles. The van der Waals surface area contributed by atoms with Crippen molar-refractivity contribution in [1.82, 2.24) is 14.8 Å². The van der Waals surface area contributed by atoms with Gasteiger partial charge in [-0.15, -0.1) is 0 Å². The SMILES string of the molecule is Cc1cc(C(=O)N2CCC(CN3CCCC3)CC2)cc(C)n1. The number of aromatic nitrogens is 1. The summed E-state index contributed by atoms with van der Waals surface area (Å²) in [4.78, 5) is 21.6. The molecule has 3 rings (SSSR count). The fraction of sp³-hybridized carbons (Fsp3) is 0.667. The smallest absolute Gasteiger partial charge is 0.253 e. The first-order valence-corrected chi connectivity index (χ1v) is 8.59. The minimum absolute atomic E-state index is 0.174. The van der Waals surface area contributed by atoms with Gasteiger partial charge in [0, 0.05) is 36.6 Å². The summed E-state index contributed by atoms with van der Waals surface area (Å²) < 4.78 is 0. The number of carbonyl (C=O) groups excluding carboxylic acids is 1. The summed E-state index contributed by atoms with van der Waals surface area (Å²) in [5.41, 5.74) is 2.64. The molecule has 2 fully saturated rings. The molecule has 0 radical (unpaired) electrons. The second-order valence-electron chi connectivity index (χ2n) is 6.88. The number of rotatable bonds is 3. The van der Waals surface area contributed by atoms with Crippen molar-refractivity contribution < 1.29 is 4.79 Å².